The van der Waals surface area contributed by atoms with Crippen LogP contribution in [0.25, 0.3) is 0 Å². The van der Waals surface area contributed by atoms with E-state index in [-0.39, 0.29) is 12.5 Å². The molecule has 0 aliphatic carbocycles. The predicted molar refractivity (Wildman–Crippen MR) is 78.4 cm³/mol. The molecule has 0 spiro atoms. The fourth-order valence-electron chi connectivity index (χ4n) is 1.79. The summed E-state index contributed by atoms with van der Waals surface area (Å²) in [4.78, 5) is 28.7. The Morgan fingerprint density at radius 1 is 1.43 bits per heavy atom. The number of rotatable bonds is 5. The summed E-state index contributed by atoms with van der Waals surface area (Å²) in [5, 5.41) is 7.11. The summed E-state index contributed by atoms with van der Waals surface area (Å²) < 4.78 is 6.45. The number of carbonyl (C=O) groups is 2. The van der Waals surface area contributed by atoms with Gasteiger partial charge in [-0.15, -0.1) is 11.3 Å². The third-order valence-electron chi connectivity index (χ3n) is 2.89. The number of aryl methyl sites for hydroxylation is 1. The molecule has 21 heavy (non-hydrogen) atoms. The van der Waals surface area contributed by atoms with Crippen LogP contribution < -0.4 is 5.32 Å². The Hall–Kier alpha value is -2.22. The highest BCUT2D eigenvalue weighted by atomic mass is 32.1. The second-order valence-electron chi connectivity index (χ2n) is 4.35. The van der Waals surface area contributed by atoms with E-state index in [1.165, 1.54) is 28.7 Å². The van der Waals surface area contributed by atoms with Gasteiger partial charge >= 0.3 is 5.97 Å². The van der Waals surface area contributed by atoms with Gasteiger partial charge in [-0.3, -0.25) is 4.79 Å². The highest BCUT2D eigenvalue weighted by Gasteiger charge is 2.22. The molecule has 0 aliphatic rings. The van der Waals surface area contributed by atoms with Crippen LogP contribution in [0.3, 0.4) is 0 Å². The van der Waals surface area contributed by atoms with Crippen molar-refractivity contribution in [2.45, 2.75) is 27.3 Å². The minimum atomic E-state index is -0.421. The van der Waals surface area contributed by atoms with Gasteiger partial charge in [0.2, 0.25) is 5.91 Å². The van der Waals surface area contributed by atoms with Crippen LogP contribution in [0.15, 0.2) is 12.7 Å². The van der Waals surface area contributed by atoms with Crippen molar-refractivity contribution in [3.63, 3.8) is 0 Å². The standard InChI is InChI=1S/C13H16N4O3S/c1-4-20-13(19)11-8(2)9(3)21-12(11)16-10(18)5-17-7-14-6-15-17/h6-7H,4-5H2,1-3H3,(H,16,18). The SMILES string of the molecule is CCOC(=O)c1c(NC(=O)Cn2cncn2)sc(C)c1C. The van der Waals surface area contributed by atoms with Crippen molar-refractivity contribution >= 4 is 28.2 Å². The second-order valence-corrected chi connectivity index (χ2v) is 5.57. The number of hydrogen-bond acceptors (Lipinski definition) is 6. The molecule has 2 heterocycles. The molecule has 0 aliphatic heterocycles. The number of esters is 1. The van der Waals surface area contributed by atoms with Crippen molar-refractivity contribution in [1.29, 1.82) is 0 Å². The fraction of sp³-hybridized carbons (Fsp3) is 0.385. The van der Waals surface area contributed by atoms with Gasteiger partial charge in [0, 0.05) is 4.88 Å². The lowest BCUT2D eigenvalue weighted by molar-refractivity contribution is -0.116. The third kappa shape index (κ3) is 3.46. The van der Waals surface area contributed by atoms with Crippen LogP contribution in [0.2, 0.25) is 0 Å². The molecule has 2 aromatic heterocycles. The normalized spacial score (nSPS) is 10.4. The number of carbonyl (C=O) groups excluding carboxylic acids is 2. The van der Waals surface area contributed by atoms with Gasteiger partial charge in [0.25, 0.3) is 0 Å². The number of anilines is 1. The Kier molecular flexibility index (Phi) is 4.69. The Balaban J connectivity index is 2.17. The van der Waals surface area contributed by atoms with Crippen LogP contribution in [0.5, 0.6) is 0 Å². The Morgan fingerprint density at radius 2 is 2.19 bits per heavy atom. The quantitative estimate of drug-likeness (QED) is 0.851. The van der Waals surface area contributed by atoms with Crippen molar-refractivity contribution in [2.24, 2.45) is 0 Å². The van der Waals surface area contributed by atoms with E-state index in [0.717, 1.165) is 10.4 Å². The van der Waals surface area contributed by atoms with E-state index >= 15 is 0 Å². The van der Waals surface area contributed by atoms with E-state index in [1.54, 1.807) is 6.92 Å². The first-order valence-corrected chi connectivity index (χ1v) is 7.24. The van der Waals surface area contributed by atoms with Gasteiger partial charge in [-0.25, -0.2) is 14.5 Å². The van der Waals surface area contributed by atoms with E-state index in [0.29, 0.717) is 17.2 Å². The highest BCUT2D eigenvalue weighted by Crippen LogP contribution is 2.33. The van der Waals surface area contributed by atoms with Gasteiger partial charge in [-0.05, 0) is 26.3 Å². The maximum atomic E-state index is 12.0. The van der Waals surface area contributed by atoms with Crippen molar-refractivity contribution in [3.05, 3.63) is 28.7 Å². The van der Waals surface area contributed by atoms with Crippen LogP contribution in [-0.2, 0) is 16.1 Å². The largest absolute Gasteiger partial charge is 0.462 e. The lowest BCUT2D eigenvalue weighted by Crippen LogP contribution is -2.20. The number of nitrogens with one attached hydrogen (secondary N) is 1. The summed E-state index contributed by atoms with van der Waals surface area (Å²) >= 11 is 1.36. The molecule has 0 fully saturated rings. The van der Waals surface area contributed by atoms with Crippen molar-refractivity contribution in [1.82, 2.24) is 14.8 Å². The highest BCUT2D eigenvalue weighted by molar-refractivity contribution is 7.16. The zero-order chi connectivity index (χ0) is 15.4. The zero-order valence-corrected chi connectivity index (χ0v) is 12.9. The predicted octanol–water partition coefficient (Wildman–Crippen LogP) is 1.77. The number of amides is 1. The van der Waals surface area contributed by atoms with Crippen molar-refractivity contribution < 1.29 is 14.3 Å². The molecule has 0 bridgehead atoms. The molecule has 112 valence electrons. The first-order chi connectivity index (χ1) is 10.0. The summed E-state index contributed by atoms with van der Waals surface area (Å²) in [5.74, 6) is -0.692. The smallest absolute Gasteiger partial charge is 0.341 e. The molecular weight excluding hydrogens is 292 g/mol. The molecule has 0 radical (unpaired) electrons. The van der Waals surface area contributed by atoms with Gasteiger partial charge in [0.05, 0.1) is 12.2 Å². The minimum Gasteiger partial charge on any atom is -0.462 e. The Morgan fingerprint density at radius 3 is 2.81 bits per heavy atom. The van der Waals surface area contributed by atoms with E-state index < -0.39 is 5.97 Å². The Labute approximate surface area is 125 Å². The number of thiophene rings is 1. The molecule has 8 heteroatoms. The van der Waals surface area contributed by atoms with Crippen LogP contribution in [0, 0.1) is 13.8 Å². The van der Waals surface area contributed by atoms with E-state index in [1.807, 2.05) is 13.8 Å². The van der Waals surface area contributed by atoms with Crippen LogP contribution in [0.4, 0.5) is 5.00 Å². The minimum absolute atomic E-state index is 0.0399. The molecule has 0 unspecified atom stereocenters. The molecule has 1 amide bonds. The number of aromatic nitrogens is 3. The van der Waals surface area contributed by atoms with Crippen molar-refractivity contribution in [3.8, 4) is 0 Å². The molecule has 7 nitrogen and oxygen atoms in total. The maximum absolute atomic E-state index is 12.0. The zero-order valence-electron chi connectivity index (χ0n) is 12.0. The van der Waals surface area contributed by atoms with Gasteiger partial charge in [-0.1, -0.05) is 0 Å². The van der Waals surface area contributed by atoms with Gasteiger partial charge < -0.3 is 10.1 Å². The van der Waals surface area contributed by atoms with Crippen LogP contribution in [0.1, 0.15) is 27.7 Å². The maximum Gasteiger partial charge on any atom is 0.341 e. The summed E-state index contributed by atoms with van der Waals surface area (Å²) in [6.45, 7) is 5.81. The molecule has 0 aromatic carbocycles. The second kappa shape index (κ2) is 6.49. The fourth-order valence-corrected chi connectivity index (χ4v) is 2.86. The van der Waals surface area contributed by atoms with Gasteiger partial charge in [0.15, 0.2) is 0 Å². The van der Waals surface area contributed by atoms with Gasteiger partial charge in [0.1, 0.15) is 24.2 Å². The average molecular weight is 308 g/mol. The summed E-state index contributed by atoms with van der Waals surface area (Å²) in [7, 11) is 0. The lowest BCUT2D eigenvalue weighted by atomic mass is 10.1. The first-order valence-electron chi connectivity index (χ1n) is 6.42. The Bertz CT molecular complexity index is 649. The molecule has 0 atom stereocenters. The molecule has 1 N–H and O–H groups in total. The van der Waals surface area contributed by atoms with E-state index in [4.69, 9.17) is 4.74 Å². The average Bonchev–Trinajstić information content (AvgIpc) is 2.99. The third-order valence-corrected chi connectivity index (χ3v) is 4.01. The number of ether oxygens (including phenoxy) is 1. The summed E-state index contributed by atoms with van der Waals surface area (Å²) in [6, 6.07) is 0. The summed E-state index contributed by atoms with van der Waals surface area (Å²) in [5.41, 5.74) is 1.25. The first kappa shape index (κ1) is 15.2. The monoisotopic (exact) mass is 308 g/mol. The summed E-state index contributed by atoms with van der Waals surface area (Å²) in [6.07, 6.45) is 2.81. The van der Waals surface area contributed by atoms with Crippen molar-refractivity contribution in [2.75, 3.05) is 11.9 Å². The molecule has 0 saturated heterocycles. The molecular formula is C13H16N4O3S. The topological polar surface area (TPSA) is 86.1 Å². The molecule has 0 saturated carbocycles. The van der Waals surface area contributed by atoms with Crippen LogP contribution >= 0.6 is 11.3 Å². The van der Waals surface area contributed by atoms with Gasteiger partial charge in [-0.2, -0.15) is 5.10 Å². The molecule has 2 rings (SSSR count). The van der Waals surface area contributed by atoms with E-state index in [2.05, 4.69) is 15.4 Å². The number of hydrogen-bond donors (Lipinski definition) is 1. The van der Waals surface area contributed by atoms with E-state index in [9.17, 15) is 9.59 Å². The number of nitrogens with zero attached hydrogens (tertiary/aromatic N) is 3. The lowest BCUT2D eigenvalue weighted by Gasteiger charge is -2.07. The molecule has 2 aromatic rings. The van der Waals surface area contributed by atoms with Crippen LogP contribution in [-0.4, -0.2) is 33.2 Å².